The third kappa shape index (κ3) is 5.30. The topological polar surface area (TPSA) is 70.7 Å². The number of piperidine rings is 1. The summed E-state index contributed by atoms with van der Waals surface area (Å²) in [6.45, 7) is 5.38. The second kappa shape index (κ2) is 9.85. The molecule has 3 rings (SSSR count). The summed E-state index contributed by atoms with van der Waals surface area (Å²) < 4.78 is 5.77. The molecule has 1 aromatic carbocycles. The quantitative estimate of drug-likeness (QED) is 0.766. The highest BCUT2D eigenvalue weighted by atomic mass is 16.5. The lowest BCUT2D eigenvalue weighted by molar-refractivity contribution is -0.145. The van der Waals surface area contributed by atoms with Gasteiger partial charge in [0.25, 0.3) is 5.91 Å². The number of likely N-dealkylation sites (tertiary alicyclic amines) is 1. The number of nitrogens with one attached hydrogen (secondary N) is 2. The number of hydrogen-bond donors (Lipinski definition) is 2. The molecular formula is C21H31N3O3. The molecule has 2 fully saturated rings. The van der Waals surface area contributed by atoms with Gasteiger partial charge in [-0.25, -0.2) is 0 Å². The maximum Gasteiger partial charge on any atom is 0.256 e. The molecule has 0 bridgehead atoms. The van der Waals surface area contributed by atoms with E-state index in [0.717, 1.165) is 44.3 Å². The molecule has 0 saturated carbocycles. The third-order valence-corrected chi connectivity index (χ3v) is 5.43. The van der Waals surface area contributed by atoms with Crippen LogP contribution in [0.5, 0.6) is 0 Å². The van der Waals surface area contributed by atoms with E-state index < -0.39 is 6.10 Å². The smallest absolute Gasteiger partial charge is 0.256 e. The van der Waals surface area contributed by atoms with Gasteiger partial charge in [-0.1, -0.05) is 30.3 Å². The van der Waals surface area contributed by atoms with Crippen molar-refractivity contribution in [2.24, 2.45) is 5.92 Å². The zero-order chi connectivity index (χ0) is 19.1. The number of nitrogens with zero attached hydrogens (tertiary/aromatic N) is 1. The number of carbonyl (C=O) groups is 2. The van der Waals surface area contributed by atoms with Crippen molar-refractivity contribution >= 4 is 11.8 Å². The lowest BCUT2D eigenvalue weighted by Crippen LogP contribution is -2.47. The van der Waals surface area contributed by atoms with Crippen molar-refractivity contribution in [3.63, 3.8) is 0 Å². The van der Waals surface area contributed by atoms with E-state index in [4.69, 9.17) is 4.74 Å². The molecule has 3 atom stereocenters. The largest absolute Gasteiger partial charge is 0.364 e. The predicted octanol–water partition coefficient (Wildman–Crippen LogP) is 1.87. The maximum atomic E-state index is 13.1. The van der Waals surface area contributed by atoms with Gasteiger partial charge in [-0.3, -0.25) is 9.59 Å². The lowest BCUT2D eigenvalue weighted by atomic mass is 9.96. The molecular weight excluding hydrogens is 342 g/mol. The Balaban J connectivity index is 1.55. The minimum Gasteiger partial charge on any atom is -0.364 e. The highest BCUT2D eigenvalue weighted by Gasteiger charge is 2.31. The van der Waals surface area contributed by atoms with E-state index in [9.17, 15) is 9.59 Å². The summed E-state index contributed by atoms with van der Waals surface area (Å²) in [5.74, 6) is 0.412. The molecule has 27 heavy (non-hydrogen) atoms. The Hall–Kier alpha value is -1.92. The molecule has 148 valence electrons. The van der Waals surface area contributed by atoms with Crippen LogP contribution in [-0.2, 0) is 14.3 Å². The van der Waals surface area contributed by atoms with Gasteiger partial charge in [-0.05, 0) is 50.6 Å². The Kier molecular flexibility index (Phi) is 7.24. The molecule has 0 spiro atoms. The van der Waals surface area contributed by atoms with Gasteiger partial charge >= 0.3 is 0 Å². The molecule has 2 saturated heterocycles. The number of benzene rings is 1. The number of rotatable bonds is 7. The molecule has 1 aromatic rings. The van der Waals surface area contributed by atoms with Crippen LogP contribution in [0.15, 0.2) is 30.3 Å². The Labute approximate surface area is 161 Å². The minimum absolute atomic E-state index is 0.0246. The van der Waals surface area contributed by atoms with E-state index in [2.05, 4.69) is 10.6 Å². The monoisotopic (exact) mass is 373 g/mol. The number of amides is 2. The number of carbonyl (C=O) groups excluding carboxylic acids is 2. The fraction of sp³-hybridized carbons (Fsp3) is 0.619. The molecule has 3 unspecified atom stereocenters. The van der Waals surface area contributed by atoms with Crippen molar-refractivity contribution in [3.8, 4) is 0 Å². The van der Waals surface area contributed by atoms with Crippen molar-refractivity contribution in [2.75, 3.05) is 32.8 Å². The molecule has 2 N–H and O–H groups in total. The zero-order valence-corrected chi connectivity index (χ0v) is 16.2. The standard InChI is InChI=1S/C21H31N3O3/c1-2-27-19(17-9-4-3-5-10-17)21(26)24-13-7-8-16(15-24)14-23-20(25)18-11-6-12-22-18/h3-5,9-10,16,18-19,22H,2,6-8,11-15H2,1H3,(H,23,25). The highest BCUT2D eigenvalue weighted by Crippen LogP contribution is 2.24. The van der Waals surface area contributed by atoms with E-state index in [1.165, 1.54) is 0 Å². The van der Waals surface area contributed by atoms with E-state index in [-0.39, 0.29) is 17.9 Å². The average molecular weight is 373 g/mol. The first kappa shape index (κ1) is 19.8. The Morgan fingerprint density at radius 2 is 2.07 bits per heavy atom. The molecule has 0 aromatic heterocycles. The first-order chi connectivity index (χ1) is 13.2. The van der Waals surface area contributed by atoms with Gasteiger partial charge in [-0.15, -0.1) is 0 Å². The normalized spacial score (nSPS) is 23.8. The van der Waals surface area contributed by atoms with Gasteiger partial charge in [0.2, 0.25) is 5.91 Å². The van der Waals surface area contributed by atoms with E-state index in [0.29, 0.717) is 25.6 Å². The van der Waals surface area contributed by atoms with Crippen LogP contribution in [-0.4, -0.2) is 55.5 Å². The zero-order valence-electron chi connectivity index (χ0n) is 16.2. The van der Waals surface area contributed by atoms with Crippen LogP contribution in [0, 0.1) is 5.92 Å². The van der Waals surface area contributed by atoms with Crippen LogP contribution in [0.3, 0.4) is 0 Å². The third-order valence-electron chi connectivity index (χ3n) is 5.43. The first-order valence-electron chi connectivity index (χ1n) is 10.2. The predicted molar refractivity (Wildman–Crippen MR) is 104 cm³/mol. The van der Waals surface area contributed by atoms with E-state index >= 15 is 0 Å². The van der Waals surface area contributed by atoms with Crippen LogP contribution >= 0.6 is 0 Å². The molecule has 0 radical (unpaired) electrons. The highest BCUT2D eigenvalue weighted by molar-refractivity contribution is 5.83. The Bertz CT molecular complexity index is 616. The van der Waals surface area contributed by atoms with Crippen LogP contribution in [0.25, 0.3) is 0 Å². The molecule has 6 nitrogen and oxygen atoms in total. The lowest BCUT2D eigenvalue weighted by Gasteiger charge is -2.35. The van der Waals surface area contributed by atoms with Crippen LogP contribution in [0.4, 0.5) is 0 Å². The molecule has 2 heterocycles. The SMILES string of the molecule is CCOC(C(=O)N1CCCC(CNC(=O)C2CCCN2)C1)c1ccccc1. The van der Waals surface area contributed by atoms with Gasteiger partial charge in [0.15, 0.2) is 6.10 Å². The second-order valence-corrected chi connectivity index (χ2v) is 7.43. The fourth-order valence-corrected chi connectivity index (χ4v) is 3.98. The van der Waals surface area contributed by atoms with Crippen molar-refractivity contribution in [1.29, 1.82) is 0 Å². The maximum absolute atomic E-state index is 13.1. The average Bonchev–Trinajstić information content (AvgIpc) is 3.25. The van der Waals surface area contributed by atoms with Crippen molar-refractivity contribution < 1.29 is 14.3 Å². The summed E-state index contributed by atoms with van der Waals surface area (Å²) in [6.07, 6.45) is 3.41. The number of hydrogen-bond acceptors (Lipinski definition) is 4. The second-order valence-electron chi connectivity index (χ2n) is 7.43. The molecule has 2 aliphatic heterocycles. The van der Waals surface area contributed by atoms with Gasteiger partial charge < -0.3 is 20.3 Å². The van der Waals surface area contributed by atoms with Crippen LogP contribution in [0.2, 0.25) is 0 Å². The van der Waals surface area contributed by atoms with E-state index in [1.807, 2.05) is 42.2 Å². The Morgan fingerprint density at radius 3 is 2.78 bits per heavy atom. The number of ether oxygens (including phenoxy) is 1. The summed E-state index contributed by atoms with van der Waals surface area (Å²) in [7, 11) is 0. The van der Waals surface area contributed by atoms with Gasteiger partial charge in [-0.2, -0.15) is 0 Å². The molecule has 0 aliphatic carbocycles. The Morgan fingerprint density at radius 1 is 1.26 bits per heavy atom. The first-order valence-corrected chi connectivity index (χ1v) is 10.2. The van der Waals surface area contributed by atoms with Gasteiger partial charge in [0.1, 0.15) is 0 Å². The molecule has 6 heteroatoms. The minimum atomic E-state index is -0.549. The van der Waals surface area contributed by atoms with E-state index in [1.54, 1.807) is 0 Å². The summed E-state index contributed by atoms with van der Waals surface area (Å²) in [6, 6.07) is 9.63. The summed E-state index contributed by atoms with van der Waals surface area (Å²) in [4.78, 5) is 27.2. The van der Waals surface area contributed by atoms with Crippen LogP contribution in [0.1, 0.15) is 44.3 Å². The summed E-state index contributed by atoms with van der Waals surface area (Å²) in [5.41, 5.74) is 0.895. The van der Waals surface area contributed by atoms with Crippen molar-refractivity contribution in [3.05, 3.63) is 35.9 Å². The van der Waals surface area contributed by atoms with Gasteiger partial charge in [0.05, 0.1) is 6.04 Å². The fourth-order valence-electron chi connectivity index (χ4n) is 3.98. The molecule has 2 amide bonds. The van der Waals surface area contributed by atoms with Crippen molar-refractivity contribution in [1.82, 2.24) is 15.5 Å². The van der Waals surface area contributed by atoms with Crippen LogP contribution < -0.4 is 10.6 Å². The summed E-state index contributed by atoms with van der Waals surface area (Å²) in [5, 5.41) is 6.29. The van der Waals surface area contributed by atoms with Gasteiger partial charge in [0, 0.05) is 26.2 Å². The summed E-state index contributed by atoms with van der Waals surface area (Å²) >= 11 is 0. The van der Waals surface area contributed by atoms with Crippen molar-refractivity contribution in [2.45, 2.75) is 44.8 Å². The molecule has 2 aliphatic rings.